The van der Waals surface area contributed by atoms with Crippen molar-refractivity contribution in [1.82, 2.24) is 4.90 Å². The number of aryl methyl sites for hydroxylation is 1. The number of aliphatic carboxylic acids is 1. The lowest BCUT2D eigenvalue weighted by Gasteiger charge is -2.42. The number of hydrogen-bond donors (Lipinski definition) is 1. The number of benzene rings is 1. The molecule has 1 N–H and O–H groups in total. The molecule has 0 aliphatic heterocycles. The largest absolute Gasteiger partial charge is 0.481 e. The van der Waals surface area contributed by atoms with E-state index in [4.69, 9.17) is 5.11 Å². The Morgan fingerprint density at radius 3 is 2.59 bits per heavy atom. The van der Waals surface area contributed by atoms with Gasteiger partial charge in [0.1, 0.15) is 0 Å². The number of nitrogens with zero attached hydrogens (tertiary/aromatic N) is 1. The van der Waals surface area contributed by atoms with Gasteiger partial charge in [-0.25, -0.2) is 0 Å². The summed E-state index contributed by atoms with van der Waals surface area (Å²) < 4.78 is 0. The molecule has 1 aromatic carbocycles. The summed E-state index contributed by atoms with van der Waals surface area (Å²) in [6.07, 6.45) is 2.95. The molecule has 92 valence electrons. The van der Waals surface area contributed by atoms with Crippen molar-refractivity contribution in [2.75, 3.05) is 14.1 Å². The SMILES string of the molecule is CN(C)C1(CC(=O)O)CCc2ccccc2C1. The molecule has 1 atom stereocenters. The number of carbonyl (C=O) groups is 1. The Bertz CT molecular complexity index is 428. The Labute approximate surface area is 102 Å². The van der Waals surface area contributed by atoms with Crippen LogP contribution in [0.25, 0.3) is 0 Å². The Morgan fingerprint density at radius 2 is 2.00 bits per heavy atom. The predicted molar refractivity (Wildman–Crippen MR) is 67.1 cm³/mol. The number of rotatable bonds is 3. The van der Waals surface area contributed by atoms with Crippen LogP contribution in [0.4, 0.5) is 0 Å². The minimum Gasteiger partial charge on any atom is -0.481 e. The molecule has 0 radical (unpaired) electrons. The van der Waals surface area contributed by atoms with Crippen molar-refractivity contribution in [3.8, 4) is 0 Å². The fraction of sp³-hybridized carbons (Fsp3) is 0.500. The van der Waals surface area contributed by atoms with Crippen LogP contribution in [0.3, 0.4) is 0 Å². The summed E-state index contributed by atoms with van der Waals surface area (Å²) in [4.78, 5) is 13.1. The van der Waals surface area contributed by atoms with Gasteiger partial charge in [-0.05, 0) is 44.5 Å². The van der Waals surface area contributed by atoms with Crippen LogP contribution in [0.1, 0.15) is 24.0 Å². The van der Waals surface area contributed by atoms with Gasteiger partial charge in [-0.3, -0.25) is 4.79 Å². The first kappa shape index (κ1) is 12.1. The molecule has 0 spiro atoms. The molecule has 3 heteroatoms. The molecule has 2 rings (SSSR count). The Balaban J connectivity index is 2.30. The summed E-state index contributed by atoms with van der Waals surface area (Å²) in [5, 5.41) is 9.10. The number of carboxylic acids is 1. The zero-order valence-corrected chi connectivity index (χ0v) is 10.4. The molecule has 0 aromatic heterocycles. The molecule has 0 saturated carbocycles. The van der Waals surface area contributed by atoms with Crippen molar-refractivity contribution < 1.29 is 9.90 Å². The van der Waals surface area contributed by atoms with Crippen LogP contribution in [0, 0.1) is 0 Å². The second kappa shape index (κ2) is 4.49. The first-order chi connectivity index (χ1) is 8.03. The lowest BCUT2D eigenvalue weighted by Crippen LogP contribution is -2.50. The second-order valence-electron chi connectivity index (χ2n) is 5.13. The summed E-state index contributed by atoms with van der Waals surface area (Å²) in [6, 6.07) is 8.36. The minimum absolute atomic E-state index is 0.217. The van der Waals surface area contributed by atoms with Gasteiger partial charge >= 0.3 is 5.97 Å². The third kappa shape index (κ3) is 2.34. The van der Waals surface area contributed by atoms with Crippen LogP contribution in [0.5, 0.6) is 0 Å². The van der Waals surface area contributed by atoms with Crippen LogP contribution in [-0.4, -0.2) is 35.6 Å². The second-order valence-corrected chi connectivity index (χ2v) is 5.13. The topological polar surface area (TPSA) is 40.5 Å². The van der Waals surface area contributed by atoms with E-state index in [0.29, 0.717) is 0 Å². The smallest absolute Gasteiger partial charge is 0.305 e. The van der Waals surface area contributed by atoms with Gasteiger partial charge in [0.2, 0.25) is 0 Å². The maximum Gasteiger partial charge on any atom is 0.305 e. The highest BCUT2D eigenvalue weighted by Crippen LogP contribution is 2.34. The van der Waals surface area contributed by atoms with Gasteiger partial charge in [-0.2, -0.15) is 0 Å². The number of hydrogen-bond acceptors (Lipinski definition) is 2. The lowest BCUT2D eigenvalue weighted by atomic mass is 9.75. The summed E-state index contributed by atoms with van der Waals surface area (Å²) in [5.74, 6) is -0.710. The van der Waals surface area contributed by atoms with Crippen molar-refractivity contribution in [1.29, 1.82) is 0 Å². The average molecular weight is 233 g/mol. The molecule has 0 heterocycles. The molecule has 1 aliphatic rings. The summed E-state index contributed by atoms with van der Waals surface area (Å²) in [5.41, 5.74) is 2.45. The zero-order valence-electron chi connectivity index (χ0n) is 10.4. The Hall–Kier alpha value is -1.35. The predicted octanol–water partition coefficient (Wildman–Crippen LogP) is 1.95. The van der Waals surface area contributed by atoms with E-state index in [1.54, 1.807) is 0 Å². The van der Waals surface area contributed by atoms with Gasteiger partial charge in [-0.1, -0.05) is 24.3 Å². The van der Waals surface area contributed by atoms with E-state index in [1.165, 1.54) is 11.1 Å². The van der Waals surface area contributed by atoms with Crippen LogP contribution in [-0.2, 0) is 17.6 Å². The van der Waals surface area contributed by atoms with Gasteiger partial charge in [0.15, 0.2) is 0 Å². The standard InChI is InChI=1S/C14H19NO2/c1-15(2)14(10-13(16)17)8-7-11-5-3-4-6-12(11)9-14/h3-6H,7-10H2,1-2H3,(H,16,17). The van der Waals surface area contributed by atoms with Crippen LogP contribution in [0.2, 0.25) is 0 Å². The Kier molecular flexibility index (Phi) is 3.20. The summed E-state index contributed by atoms with van der Waals surface area (Å²) in [6.45, 7) is 0. The van der Waals surface area contributed by atoms with Crippen molar-refractivity contribution in [3.63, 3.8) is 0 Å². The highest BCUT2D eigenvalue weighted by molar-refractivity contribution is 5.68. The molecule has 0 bridgehead atoms. The molecule has 1 aliphatic carbocycles. The van der Waals surface area contributed by atoms with E-state index in [2.05, 4.69) is 23.1 Å². The number of carboxylic acid groups (broad SMARTS) is 1. The molecule has 1 unspecified atom stereocenters. The normalized spacial score (nSPS) is 23.5. The third-order valence-electron chi connectivity index (χ3n) is 3.93. The fourth-order valence-corrected chi connectivity index (χ4v) is 2.76. The van der Waals surface area contributed by atoms with Crippen molar-refractivity contribution >= 4 is 5.97 Å². The molecule has 17 heavy (non-hydrogen) atoms. The maximum absolute atomic E-state index is 11.1. The fourth-order valence-electron chi connectivity index (χ4n) is 2.76. The lowest BCUT2D eigenvalue weighted by molar-refractivity contribution is -0.140. The van der Waals surface area contributed by atoms with Gasteiger partial charge in [-0.15, -0.1) is 0 Å². The van der Waals surface area contributed by atoms with Crippen molar-refractivity contribution in [2.24, 2.45) is 0 Å². The van der Waals surface area contributed by atoms with Crippen LogP contribution < -0.4 is 0 Å². The maximum atomic E-state index is 11.1. The van der Waals surface area contributed by atoms with E-state index < -0.39 is 5.97 Å². The van der Waals surface area contributed by atoms with Crippen molar-refractivity contribution in [2.45, 2.75) is 31.2 Å². The average Bonchev–Trinajstić information content (AvgIpc) is 2.27. The van der Waals surface area contributed by atoms with E-state index in [-0.39, 0.29) is 12.0 Å². The number of likely N-dealkylation sites (N-methyl/N-ethyl adjacent to an activating group) is 1. The van der Waals surface area contributed by atoms with Crippen molar-refractivity contribution in [3.05, 3.63) is 35.4 Å². The van der Waals surface area contributed by atoms with Crippen LogP contribution in [0.15, 0.2) is 24.3 Å². The highest BCUT2D eigenvalue weighted by Gasteiger charge is 2.38. The third-order valence-corrected chi connectivity index (χ3v) is 3.93. The van der Waals surface area contributed by atoms with E-state index in [0.717, 1.165) is 19.3 Å². The molecule has 1 aromatic rings. The monoisotopic (exact) mass is 233 g/mol. The van der Waals surface area contributed by atoms with Gasteiger partial charge in [0, 0.05) is 5.54 Å². The van der Waals surface area contributed by atoms with Gasteiger partial charge in [0.05, 0.1) is 6.42 Å². The van der Waals surface area contributed by atoms with Gasteiger partial charge < -0.3 is 10.0 Å². The zero-order chi connectivity index (χ0) is 12.5. The van der Waals surface area contributed by atoms with Gasteiger partial charge in [0.25, 0.3) is 0 Å². The summed E-state index contributed by atoms with van der Waals surface area (Å²) >= 11 is 0. The quantitative estimate of drug-likeness (QED) is 0.867. The molecule has 0 saturated heterocycles. The summed E-state index contributed by atoms with van der Waals surface area (Å²) in [7, 11) is 3.97. The molecular weight excluding hydrogens is 214 g/mol. The molecule has 0 amide bonds. The van der Waals surface area contributed by atoms with E-state index >= 15 is 0 Å². The first-order valence-corrected chi connectivity index (χ1v) is 5.99. The molecular formula is C14H19NO2. The molecule has 3 nitrogen and oxygen atoms in total. The van der Waals surface area contributed by atoms with E-state index in [9.17, 15) is 4.79 Å². The molecule has 0 fully saturated rings. The first-order valence-electron chi connectivity index (χ1n) is 5.99. The van der Waals surface area contributed by atoms with E-state index in [1.807, 2.05) is 20.2 Å². The Morgan fingerprint density at radius 1 is 1.35 bits per heavy atom. The number of fused-ring (bicyclic) bond motifs is 1. The minimum atomic E-state index is -0.710. The van der Waals surface area contributed by atoms with Crippen LogP contribution >= 0.6 is 0 Å². The highest BCUT2D eigenvalue weighted by atomic mass is 16.4.